The van der Waals surface area contributed by atoms with Crippen LogP contribution in [0.5, 0.6) is 0 Å². The minimum Gasteiger partial charge on any atom is -0.305 e. The molecule has 0 bridgehead atoms. The second kappa shape index (κ2) is 9.71. The van der Waals surface area contributed by atoms with Gasteiger partial charge in [-0.25, -0.2) is 8.42 Å². The zero-order valence-corrected chi connectivity index (χ0v) is 20.3. The molecule has 0 spiro atoms. The number of thiazole rings is 1. The Labute approximate surface area is 196 Å². The van der Waals surface area contributed by atoms with Crippen molar-refractivity contribution in [3.05, 3.63) is 46.1 Å². The number of unbranched alkanes of at least 4 members (excludes halogenated alkanes) is 1. The van der Waals surface area contributed by atoms with Gasteiger partial charge >= 0.3 is 0 Å². The Morgan fingerprint density at radius 1 is 1.34 bits per heavy atom. The van der Waals surface area contributed by atoms with Crippen molar-refractivity contribution in [3.8, 4) is 12.3 Å². The molecule has 1 aliphatic heterocycles. The minimum absolute atomic E-state index is 0.251. The van der Waals surface area contributed by atoms with Crippen LogP contribution in [0.2, 0.25) is 0 Å². The van der Waals surface area contributed by atoms with E-state index in [1.54, 1.807) is 17.5 Å². The lowest BCUT2D eigenvalue weighted by molar-refractivity contribution is -0.121. The van der Waals surface area contributed by atoms with E-state index in [2.05, 4.69) is 30.0 Å². The van der Waals surface area contributed by atoms with Crippen LogP contribution in [0.4, 0.5) is 0 Å². The molecule has 1 aliphatic rings. The molecule has 0 N–H and O–H groups in total. The Morgan fingerprint density at radius 3 is 2.91 bits per heavy atom. The number of rotatable bonds is 7. The van der Waals surface area contributed by atoms with Gasteiger partial charge in [-0.2, -0.15) is 9.30 Å². The van der Waals surface area contributed by atoms with Gasteiger partial charge in [0, 0.05) is 6.54 Å². The molecular formula is C23H25N3O3S3. The number of benzene rings is 1. The van der Waals surface area contributed by atoms with Gasteiger partial charge in [0.2, 0.25) is 0 Å². The van der Waals surface area contributed by atoms with Gasteiger partial charge in [-0.15, -0.1) is 17.8 Å². The summed E-state index contributed by atoms with van der Waals surface area (Å²) in [6.07, 6.45) is 9.93. The number of carbonyl (C=O) groups excluding carboxylic acids is 1. The van der Waals surface area contributed by atoms with Crippen LogP contribution < -0.4 is 4.80 Å². The van der Waals surface area contributed by atoms with Crippen molar-refractivity contribution in [2.75, 3.05) is 6.54 Å². The SMILES string of the molecule is C#CCn1c(=NC(=O)C2CCCN2S(=O)(=O)c2cccs2)sc2cc(CCCC)ccc21. The summed E-state index contributed by atoms with van der Waals surface area (Å²) in [7, 11) is -3.71. The molecule has 0 aliphatic carbocycles. The zero-order chi connectivity index (χ0) is 22.7. The van der Waals surface area contributed by atoms with Gasteiger partial charge in [0.05, 0.1) is 16.8 Å². The van der Waals surface area contributed by atoms with E-state index in [4.69, 9.17) is 6.42 Å². The van der Waals surface area contributed by atoms with Gasteiger partial charge in [-0.1, -0.05) is 42.7 Å². The molecule has 0 saturated carbocycles. The lowest BCUT2D eigenvalue weighted by Gasteiger charge is -2.20. The highest BCUT2D eigenvalue weighted by molar-refractivity contribution is 7.91. The Balaban J connectivity index is 1.70. The number of hydrogen-bond donors (Lipinski definition) is 0. The first kappa shape index (κ1) is 22.9. The second-order valence-electron chi connectivity index (χ2n) is 7.74. The molecule has 1 fully saturated rings. The summed E-state index contributed by atoms with van der Waals surface area (Å²) in [4.78, 5) is 18.0. The van der Waals surface area contributed by atoms with Crippen molar-refractivity contribution in [1.82, 2.24) is 8.87 Å². The topological polar surface area (TPSA) is 71.7 Å². The summed E-state index contributed by atoms with van der Waals surface area (Å²) in [5.74, 6) is 2.20. The fourth-order valence-electron chi connectivity index (χ4n) is 3.95. The van der Waals surface area contributed by atoms with E-state index in [1.165, 1.54) is 21.2 Å². The number of aryl methyl sites for hydroxylation is 1. The summed E-state index contributed by atoms with van der Waals surface area (Å²) in [6, 6.07) is 8.74. The van der Waals surface area contributed by atoms with Gasteiger partial charge in [-0.05, 0) is 54.8 Å². The monoisotopic (exact) mass is 487 g/mol. The van der Waals surface area contributed by atoms with Crippen LogP contribution in [-0.4, -0.2) is 35.8 Å². The molecule has 32 heavy (non-hydrogen) atoms. The molecule has 9 heteroatoms. The minimum atomic E-state index is -3.71. The number of fused-ring (bicyclic) bond motifs is 1. The van der Waals surface area contributed by atoms with Gasteiger partial charge in [-0.3, -0.25) is 4.79 Å². The maximum Gasteiger partial charge on any atom is 0.266 e. The van der Waals surface area contributed by atoms with Crippen LogP contribution in [0.3, 0.4) is 0 Å². The first-order valence-corrected chi connectivity index (χ1v) is 13.8. The molecule has 3 aromatic rings. The molecule has 1 saturated heterocycles. The molecule has 1 atom stereocenters. The van der Waals surface area contributed by atoms with Crippen molar-refractivity contribution in [2.45, 2.75) is 55.8 Å². The molecule has 1 unspecified atom stereocenters. The predicted octanol–water partition coefficient (Wildman–Crippen LogP) is 4.02. The molecule has 168 valence electrons. The van der Waals surface area contributed by atoms with E-state index in [-0.39, 0.29) is 4.21 Å². The van der Waals surface area contributed by atoms with E-state index < -0.39 is 22.0 Å². The van der Waals surface area contributed by atoms with Crippen molar-refractivity contribution in [2.24, 2.45) is 4.99 Å². The highest BCUT2D eigenvalue weighted by Crippen LogP contribution is 2.29. The van der Waals surface area contributed by atoms with Crippen LogP contribution in [0, 0.1) is 12.3 Å². The quantitative estimate of drug-likeness (QED) is 0.473. The van der Waals surface area contributed by atoms with E-state index in [0.717, 1.165) is 40.8 Å². The standard InChI is InChI=1S/C23H25N3O3S3/c1-3-5-8-17-11-12-18-20(16-17)31-23(25(18)13-4-2)24-22(27)19-9-6-14-26(19)32(28,29)21-10-7-15-30-21/h2,7,10-12,15-16,19H,3,5-6,8-9,13-14H2,1H3. The number of hydrogen-bond acceptors (Lipinski definition) is 5. The number of carbonyl (C=O) groups is 1. The number of thiophene rings is 1. The van der Waals surface area contributed by atoms with E-state index >= 15 is 0 Å². The van der Waals surface area contributed by atoms with Gasteiger partial charge in [0.15, 0.2) is 4.80 Å². The lowest BCUT2D eigenvalue weighted by Crippen LogP contribution is -2.40. The molecule has 6 nitrogen and oxygen atoms in total. The summed E-state index contributed by atoms with van der Waals surface area (Å²) in [5.41, 5.74) is 2.18. The lowest BCUT2D eigenvalue weighted by atomic mass is 10.1. The second-order valence-corrected chi connectivity index (χ2v) is 11.8. The number of amides is 1. The van der Waals surface area contributed by atoms with Gasteiger partial charge in [0.25, 0.3) is 15.9 Å². The van der Waals surface area contributed by atoms with Crippen LogP contribution >= 0.6 is 22.7 Å². The first-order valence-electron chi connectivity index (χ1n) is 10.7. The fraction of sp³-hybridized carbons (Fsp3) is 0.391. The van der Waals surface area contributed by atoms with Gasteiger partial charge in [0.1, 0.15) is 10.3 Å². The number of aromatic nitrogens is 1. The Bertz CT molecular complexity index is 1330. The third-order valence-corrected chi connectivity index (χ3v) is 9.89. The maximum atomic E-state index is 13.2. The maximum absolute atomic E-state index is 13.2. The number of nitrogens with zero attached hydrogens (tertiary/aromatic N) is 3. The van der Waals surface area contributed by atoms with Crippen LogP contribution in [0.15, 0.2) is 44.9 Å². The molecule has 0 radical (unpaired) electrons. The van der Waals surface area contributed by atoms with E-state index in [9.17, 15) is 13.2 Å². The van der Waals surface area contributed by atoms with E-state index in [0.29, 0.717) is 30.7 Å². The number of terminal acetylenes is 1. The largest absolute Gasteiger partial charge is 0.305 e. The predicted molar refractivity (Wildman–Crippen MR) is 129 cm³/mol. The normalized spacial score (nSPS) is 17.8. The average Bonchev–Trinajstić information content (AvgIpc) is 3.53. The zero-order valence-electron chi connectivity index (χ0n) is 17.9. The Kier molecular flexibility index (Phi) is 6.96. The third kappa shape index (κ3) is 4.46. The summed E-state index contributed by atoms with van der Waals surface area (Å²) < 4.78 is 30.4. The summed E-state index contributed by atoms with van der Waals surface area (Å²) in [5, 5.41) is 1.72. The summed E-state index contributed by atoms with van der Waals surface area (Å²) >= 11 is 2.58. The molecule has 1 aromatic carbocycles. The Hall–Kier alpha value is -2.25. The van der Waals surface area contributed by atoms with Crippen molar-refractivity contribution in [1.29, 1.82) is 0 Å². The molecule has 3 heterocycles. The van der Waals surface area contributed by atoms with E-state index in [1.807, 2.05) is 10.6 Å². The Morgan fingerprint density at radius 2 is 2.19 bits per heavy atom. The van der Waals surface area contributed by atoms with Crippen molar-refractivity contribution < 1.29 is 13.2 Å². The highest BCUT2D eigenvalue weighted by Gasteiger charge is 2.39. The number of sulfonamides is 1. The van der Waals surface area contributed by atoms with Gasteiger partial charge < -0.3 is 4.57 Å². The van der Waals surface area contributed by atoms with Crippen LogP contribution in [0.25, 0.3) is 10.2 Å². The third-order valence-electron chi connectivity index (χ3n) is 5.57. The molecule has 1 amide bonds. The smallest absolute Gasteiger partial charge is 0.266 e. The molecule has 4 rings (SSSR count). The fourth-order valence-corrected chi connectivity index (χ4v) is 7.82. The summed E-state index contributed by atoms with van der Waals surface area (Å²) in [6.45, 7) is 2.78. The van der Waals surface area contributed by atoms with Crippen LogP contribution in [-0.2, 0) is 27.8 Å². The molecule has 2 aromatic heterocycles. The first-order chi connectivity index (χ1) is 15.5. The average molecular weight is 488 g/mol. The molecular weight excluding hydrogens is 462 g/mol. The van der Waals surface area contributed by atoms with Crippen molar-refractivity contribution in [3.63, 3.8) is 0 Å². The van der Waals surface area contributed by atoms with Crippen molar-refractivity contribution >= 4 is 48.8 Å². The highest BCUT2D eigenvalue weighted by atomic mass is 32.2. The van der Waals surface area contributed by atoms with Crippen LogP contribution in [0.1, 0.15) is 38.2 Å².